The van der Waals surface area contributed by atoms with E-state index in [0.717, 1.165) is 10.9 Å². The second-order valence-corrected chi connectivity index (χ2v) is 5.37. The molecule has 0 spiro atoms. The minimum absolute atomic E-state index is 0.393. The number of nitrogens with zero attached hydrogens (tertiary/aromatic N) is 1. The molecule has 134 valence electrons. The SMILES string of the molecule is COc1cc(NC(=O)Nc2cccc3ncccc23)cc(OC)c1OC. The number of ether oxygens (including phenoxy) is 3. The van der Waals surface area contributed by atoms with Crippen molar-refractivity contribution in [3.8, 4) is 17.2 Å². The summed E-state index contributed by atoms with van der Waals surface area (Å²) in [5.41, 5.74) is 1.98. The Morgan fingerprint density at radius 1 is 0.923 bits per heavy atom. The van der Waals surface area contributed by atoms with Crippen LogP contribution < -0.4 is 24.8 Å². The molecule has 0 unspecified atom stereocenters. The van der Waals surface area contributed by atoms with Crippen molar-refractivity contribution >= 4 is 28.3 Å². The van der Waals surface area contributed by atoms with Crippen LogP contribution in [0.15, 0.2) is 48.7 Å². The van der Waals surface area contributed by atoms with E-state index in [4.69, 9.17) is 14.2 Å². The number of amides is 2. The number of carbonyl (C=O) groups is 1. The number of aromatic nitrogens is 1. The Bertz CT molecular complexity index is 913. The Morgan fingerprint density at radius 2 is 1.65 bits per heavy atom. The molecular weight excluding hydrogens is 334 g/mol. The van der Waals surface area contributed by atoms with Crippen LogP contribution in [-0.4, -0.2) is 32.3 Å². The second-order valence-electron chi connectivity index (χ2n) is 5.37. The van der Waals surface area contributed by atoms with Gasteiger partial charge in [0.05, 0.1) is 38.2 Å². The molecule has 7 heteroatoms. The van der Waals surface area contributed by atoms with Gasteiger partial charge in [-0.15, -0.1) is 0 Å². The minimum Gasteiger partial charge on any atom is -0.493 e. The normalized spacial score (nSPS) is 10.3. The van der Waals surface area contributed by atoms with Gasteiger partial charge in [-0.3, -0.25) is 4.98 Å². The molecule has 2 amide bonds. The molecule has 0 saturated carbocycles. The zero-order valence-electron chi connectivity index (χ0n) is 14.7. The molecule has 0 saturated heterocycles. The number of methoxy groups -OCH3 is 3. The lowest BCUT2D eigenvalue weighted by molar-refractivity contribution is 0.262. The summed E-state index contributed by atoms with van der Waals surface area (Å²) in [5, 5.41) is 6.46. The molecule has 0 atom stereocenters. The van der Waals surface area contributed by atoms with Crippen molar-refractivity contribution in [2.75, 3.05) is 32.0 Å². The highest BCUT2D eigenvalue weighted by atomic mass is 16.5. The first-order chi connectivity index (χ1) is 12.7. The van der Waals surface area contributed by atoms with E-state index >= 15 is 0 Å². The molecule has 0 bridgehead atoms. The third kappa shape index (κ3) is 3.46. The van der Waals surface area contributed by atoms with Crippen molar-refractivity contribution in [3.63, 3.8) is 0 Å². The molecule has 2 aromatic carbocycles. The number of urea groups is 1. The lowest BCUT2D eigenvalue weighted by atomic mass is 10.2. The van der Waals surface area contributed by atoms with Crippen LogP contribution >= 0.6 is 0 Å². The van der Waals surface area contributed by atoms with E-state index in [0.29, 0.717) is 28.6 Å². The molecule has 0 fully saturated rings. The zero-order chi connectivity index (χ0) is 18.5. The first-order valence-corrected chi connectivity index (χ1v) is 7.88. The van der Waals surface area contributed by atoms with Gasteiger partial charge in [0.1, 0.15) is 0 Å². The van der Waals surface area contributed by atoms with E-state index in [1.807, 2.05) is 30.3 Å². The number of hydrogen-bond donors (Lipinski definition) is 2. The molecular formula is C19H19N3O4. The molecule has 3 aromatic rings. The Morgan fingerprint density at radius 3 is 2.31 bits per heavy atom. The first-order valence-electron chi connectivity index (χ1n) is 7.88. The minimum atomic E-state index is -0.393. The topological polar surface area (TPSA) is 81.7 Å². The van der Waals surface area contributed by atoms with Crippen LogP contribution in [0.25, 0.3) is 10.9 Å². The molecule has 0 aliphatic carbocycles. The Hall–Kier alpha value is -3.48. The average Bonchev–Trinajstić information content (AvgIpc) is 2.67. The van der Waals surface area contributed by atoms with Gasteiger partial charge >= 0.3 is 6.03 Å². The third-order valence-corrected chi connectivity index (χ3v) is 3.82. The van der Waals surface area contributed by atoms with Crippen LogP contribution in [0.1, 0.15) is 0 Å². The maximum Gasteiger partial charge on any atom is 0.323 e. The predicted molar refractivity (Wildman–Crippen MR) is 100 cm³/mol. The Kier molecular flexibility index (Phi) is 5.07. The largest absolute Gasteiger partial charge is 0.493 e. The van der Waals surface area contributed by atoms with Crippen LogP contribution in [0.5, 0.6) is 17.2 Å². The number of hydrogen-bond acceptors (Lipinski definition) is 5. The van der Waals surface area contributed by atoms with Gasteiger partial charge in [-0.25, -0.2) is 4.79 Å². The quantitative estimate of drug-likeness (QED) is 0.727. The summed E-state index contributed by atoms with van der Waals surface area (Å²) in [5.74, 6) is 1.37. The van der Waals surface area contributed by atoms with Crippen molar-refractivity contribution in [1.29, 1.82) is 0 Å². The van der Waals surface area contributed by atoms with Gasteiger partial charge in [-0.2, -0.15) is 0 Å². The lowest BCUT2D eigenvalue weighted by Crippen LogP contribution is -2.19. The van der Waals surface area contributed by atoms with Gasteiger partial charge in [-0.05, 0) is 24.3 Å². The lowest BCUT2D eigenvalue weighted by Gasteiger charge is -2.15. The summed E-state index contributed by atoms with van der Waals surface area (Å²) >= 11 is 0. The number of rotatable bonds is 5. The van der Waals surface area contributed by atoms with E-state index in [1.54, 1.807) is 18.3 Å². The van der Waals surface area contributed by atoms with E-state index in [1.165, 1.54) is 21.3 Å². The van der Waals surface area contributed by atoms with Gasteiger partial charge in [0.15, 0.2) is 11.5 Å². The van der Waals surface area contributed by atoms with Crippen molar-refractivity contribution in [1.82, 2.24) is 4.98 Å². The van der Waals surface area contributed by atoms with Gasteiger partial charge in [0.25, 0.3) is 0 Å². The molecule has 7 nitrogen and oxygen atoms in total. The smallest absolute Gasteiger partial charge is 0.323 e. The summed E-state index contributed by atoms with van der Waals surface area (Å²) < 4.78 is 15.9. The molecule has 3 rings (SSSR count). The summed E-state index contributed by atoms with van der Waals surface area (Å²) in [6.45, 7) is 0. The van der Waals surface area contributed by atoms with Gasteiger partial charge in [0, 0.05) is 23.7 Å². The Balaban J connectivity index is 1.84. The van der Waals surface area contributed by atoms with Crippen LogP contribution in [0.2, 0.25) is 0 Å². The predicted octanol–water partition coefficient (Wildman–Crippen LogP) is 3.90. The fourth-order valence-electron chi connectivity index (χ4n) is 2.65. The first kappa shape index (κ1) is 17.3. The summed E-state index contributed by atoms with van der Waals surface area (Å²) in [7, 11) is 4.56. The van der Waals surface area contributed by atoms with Crippen LogP contribution in [0.3, 0.4) is 0 Å². The number of fused-ring (bicyclic) bond motifs is 1. The number of benzene rings is 2. The molecule has 26 heavy (non-hydrogen) atoms. The van der Waals surface area contributed by atoms with Crippen molar-refractivity contribution < 1.29 is 19.0 Å². The zero-order valence-corrected chi connectivity index (χ0v) is 14.7. The van der Waals surface area contributed by atoms with Gasteiger partial charge in [-0.1, -0.05) is 6.07 Å². The van der Waals surface area contributed by atoms with E-state index in [-0.39, 0.29) is 0 Å². The van der Waals surface area contributed by atoms with Gasteiger partial charge in [0.2, 0.25) is 5.75 Å². The maximum atomic E-state index is 12.4. The highest BCUT2D eigenvalue weighted by Crippen LogP contribution is 2.40. The summed E-state index contributed by atoms with van der Waals surface area (Å²) in [6.07, 6.45) is 1.71. The van der Waals surface area contributed by atoms with E-state index < -0.39 is 6.03 Å². The monoisotopic (exact) mass is 353 g/mol. The fourth-order valence-corrected chi connectivity index (χ4v) is 2.65. The average molecular weight is 353 g/mol. The van der Waals surface area contributed by atoms with E-state index in [2.05, 4.69) is 15.6 Å². The number of carbonyl (C=O) groups excluding carboxylic acids is 1. The Labute approximate surface area is 150 Å². The third-order valence-electron chi connectivity index (χ3n) is 3.82. The highest BCUT2D eigenvalue weighted by molar-refractivity contribution is 6.05. The molecule has 0 radical (unpaired) electrons. The number of nitrogens with one attached hydrogen (secondary N) is 2. The van der Waals surface area contributed by atoms with Gasteiger partial charge < -0.3 is 24.8 Å². The standard InChI is InChI=1S/C19H19N3O4/c1-24-16-10-12(11-17(25-2)18(16)26-3)21-19(23)22-15-8-4-7-14-13(15)6-5-9-20-14/h4-11H,1-3H3,(H2,21,22,23). The fraction of sp³-hybridized carbons (Fsp3) is 0.158. The highest BCUT2D eigenvalue weighted by Gasteiger charge is 2.15. The second kappa shape index (κ2) is 7.60. The van der Waals surface area contributed by atoms with Crippen LogP contribution in [-0.2, 0) is 0 Å². The number of pyridine rings is 1. The molecule has 1 heterocycles. The summed E-state index contributed by atoms with van der Waals surface area (Å²) in [6, 6.07) is 12.2. The molecule has 0 aliphatic heterocycles. The van der Waals surface area contributed by atoms with Crippen LogP contribution in [0.4, 0.5) is 16.2 Å². The maximum absolute atomic E-state index is 12.4. The molecule has 0 aliphatic rings. The van der Waals surface area contributed by atoms with Crippen LogP contribution in [0, 0.1) is 0 Å². The number of anilines is 2. The van der Waals surface area contributed by atoms with E-state index in [9.17, 15) is 4.79 Å². The summed E-state index contributed by atoms with van der Waals surface area (Å²) in [4.78, 5) is 16.7. The van der Waals surface area contributed by atoms with Crippen molar-refractivity contribution in [3.05, 3.63) is 48.7 Å². The van der Waals surface area contributed by atoms with Crippen molar-refractivity contribution in [2.45, 2.75) is 0 Å². The molecule has 1 aromatic heterocycles. The van der Waals surface area contributed by atoms with Crippen molar-refractivity contribution in [2.24, 2.45) is 0 Å². The molecule has 2 N–H and O–H groups in total.